The highest BCUT2D eigenvalue weighted by molar-refractivity contribution is 7.07. The molecule has 0 radical (unpaired) electrons. The Kier molecular flexibility index (Phi) is 5.17. The SMILES string of the molecule is COC(=O)C1=C(C)N=c2s/c(=C\c3ccccc3F)c(=O)n2[C@@H]1c1ccc(F)cc1. The monoisotopic (exact) mass is 426 g/mol. The van der Waals surface area contributed by atoms with E-state index in [-0.39, 0.29) is 15.7 Å². The van der Waals surface area contributed by atoms with E-state index in [2.05, 4.69) is 4.99 Å². The summed E-state index contributed by atoms with van der Waals surface area (Å²) < 4.78 is 34.1. The van der Waals surface area contributed by atoms with Crippen LogP contribution in [0.4, 0.5) is 8.78 Å². The van der Waals surface area contributed by atoms with Crippen LogP contribution in [0, 0.1) is 11.6 Å². The first-order valence-corrected chi connectivity index (χ1v) is 9.83. The molecule has 2 aromatic carbocycles. The van der Waals surface area contributed by atoms with Crippen molar-refractivity contribution < 1.29 is 18.3 Å². The molecule has 3 aromatic rings. The predicted octanol–water partition coefficient (Wildman–Crippen LogP) is 2.69. The van der Waals surface area contributed by atoms with Gasteiger partial charge in [-0.25, -0.2) is 18.6 Å². The van der Waals surface area contributed by atoms with Crippen LogP contribution in [0.3, 0.4) is 0 Å². The van der Waals surface area contributed by atoms with Crippen LogP contribution in [0.1, 0.15) is 24.1 Å². The van der Waals surface area contributed by atoms with Crippen molar-refractivity contribution in [1.29, 1.82) is 0 Å². The fraction of sp³-hybridized carbons (Fsp3) is 0.136. The second kappa shape index (κ2) is 7.79. The second-order valence-electron chi connectivity index (χ2n) is 6.65. The molecule has 4 rings (SSSR count). The number of nitrogens with zero attached hydrogens (tertiary/aromatic N) is 2. The normalized spacial score (nSPS) is 16.3. The first kappa shape index (κ1) is 19.9. The number of allylic oxidation sites excluding steroid dienone is 1. The van der Waals surface area contributed by atoms with E-state index in [0.29, 0.717) is 16.1 Å². The van der Waals surface area contributed by atoms with E-state index in [1.54, 1.807) is 25.1 Å². The first-order valence-electron chi connectivity index (χ1n) is 9.01. The molecule has 8 heteroatoms. The molecule has 0 unspecified atom stereocenters. The van der Waals surface area contributed by atoms with Gasteiger partial charge in [-0.2, -0.15) is 0 Å². The van der Waals surface area contributed by atoms with Crippen LogP contribution in [0.25, 0.3) is 6.08 Å². The molecule has 0 N–H and O–H groups in total. The number of methoxy groups -OCH3 is 1. The van der Waals surface area contributed by atoms with E-state index in [1.807, 2.05) is 0 Å². The lowest BCUT2D eigenvalue weighted by Gasteiger charge is -2.24. The number of rotatable bonds is 3. The highest BCUT2D eigenvalue weighted by Gasteiger charge is 2.33. The molecule has 5 nitrogen and oxygen atoms in total. The molecule has 30 heavy (non-hydrogen) atoms. The molecule has 0 aliphatic carbocycles. The van der Waals surface area contributed by atoms with Gasteiger partial charge in [-0.3, -0.25) is 9.36 Å². The van der Waals surface area contributed by atoms with Crippen molar-refractivity contribution in [2.75, 3.05) is 7.11 Å². The number of esters is 1. The molecule has 2 heterocycles. The number of ether oxygens (including phenoxy) is 1. The molecular formula is C22H16F2N2O3S. The van der Waals surface area contributed by atoms with Crippen molar-refractivity contribution in [3.8, 4) is 0 Å². The van der Waals surface area contributed by atoms with Crippen molar-refractivity contribution in [3.05, 3.63) is 102 Å². The Labute approximate surface area is 173 Å². The van der Waals surface area contributed by atoms with E-state index in [9.17, 15) is 18.4 Å². The Morgan fingerprint density at radius 2 is 1.87 bits per heavy atom. The minimum atomic E-state index is -0.836. The molecule has 1 aromatic heterocycles. The summed E-state index contributed by atoms with van der Waals surface area (Å²) in [5, 5.41) is 0. The van der Waals surface area contributed by atoms with Gasteiger partial charge >= 0.3 is 5.97 Å². The molecule has 1 aliphatic rings. The standard InChI is InChI=1S/C22H16F2N2O3S/c1-12-18(21(28)29-2)19(13-7-9-15(23)10-8-13)26-20(27)17(30-22(26)25-12)11-14-5-3-4-6-16(14)24/h3-11,19H,1-2H3/b17-11-/t19-/m1/s1. The summed E-state index contributed by atoms with van der Waals surface area (Å²) >= 11 is 1.09. The smallest absolute Gasteiger partial charge is 0.338 e. The van der Waals surface area contributed by atoms with Crippen LogP contribution >= 0.6 is 11.3 Å². The minimum absolute atomic E-state index is 0.189. The van der Waals surface area contributed by atoms with Crippen LogP contribution in [-0.4, -0.2) is 17.6 Å². The second-order valence-corrected chi connectivity index (χ2v) is 7.66. The fourth-order valence-electron chi connectivity index (χ4n) is 3.39. The summed E-state index contributed by atoms with van der Waals surface area (Å²) in [5.74, 6) is -1.52. The lowest BCUT2D eigenvalue weighted by molar-refractivity contribution is -0.136. The first-order chi connectivity index (χ1) is 14.4. The third-order valence-electron chi connectivity index (χ3n) is 4.80. The lowest BCUT2D eigenvalue weighted by atomic mass is 9.96. The molecular weight excluding hydrogens is 410 g/mol. The van der Waals surface area contributed by atoms with Gasteiger partial charge in [-0.1, -0.05) is 41.7 Å². The number of hydrogen-bond donors (Lipinski definition) is 0. The average Bonchev–Trinajstić information content (AvgIpc) is 3.03. The fourth-order valence-corrected chi connectivity index (χ4v) is 4.42. The van der Waals surface area contributed by atoms with Gasteiger partial charge < -0.3 is 4.74 Å². The van der Waals surface area contributed by atoms with E-state index < -0.39 is 29.2 Å². The topological polar surface area (TPSA) is 60.7 Å². The summed E-state index contributed by atoms with van der Waals surface area (Å²) in [4.78, 5) is 30.5. The Morgan fingerprint density at radius 1 is 1.17 bits per heavy atom. The summed E-state index contributed by atoms with van der Waals surface area (Å²) in [6.07, 6.45) is 1.46. The molecule has 0 bridgehead atoms. The highest BCUT2D eigenvalue weighted by Crippen LogP contribution is 2.30. The van der Waals surface area contributed by atoms with Gasteiger partial charge in [0.2, 0.25) is 0 Å². The summed E-state index contributed by atoms with van der Waals surface area (Å²) in [5.41, 5.74) is 0.962. The van der Waals surface area contributed by atoms with E-state index >= 15 is 0 Å². The Bertz CT molecular complexity index is 1350. The summed E-state index contributed by atoms with van der Waals surface area (Å²) in [6.45, 7) is 1.65. The van der Waals surface area contributed by atoms with Crippen LogP contribution in [0.2, 0.25) is 0 Å². The van der Waals surface area contributed by atoms with Gasteiger partial charge in [0, 0.05) is 5.56 Å². The van der Waals surface area contributed by atoms with Gasteiger partial charge in [0.25, 0.3) is 5.56 Å². The molecule has 1 aliphatic heterocycles. The number of halogens is 2. The molecule has 0 spiro atoms. The van der Waals surface area contributed by atoms with Crippen molar-refractivity contribution >= 4 is 23.4 Å². The molecule has 0 amide bonds. The third-order valence-corrected chi connectivity index (χ3v) is 5.79. The van der Waals surface area contributed by atoms with Gasteiger partial charge in [-0.15, -0.1) is 0 Å². The van der Waals surface area contributed by atoms with E-state index in [1.165, 1.54) is 48.1 Å². The van der Waals surface area contributed by atoms with Crippen molar-refractivity contribution in [2.24, 2.45) is 4.99 Å². The molecule has 152 valence electrons. The lowest BCUT2D eigenvalue weighted by Crippen LogP contribution is -2.39. The van der Waals surface area contributed by atoms with Gasteiger partial charge in [0.15, 0.2) is 4.80 Å². The zero-order chi connectivity index (χ0) is 21.4. The predicted molar refractivity (Wildman–Crippen MR) is 109 cm³/mol. The quantitative estimate of drug-likeness (QED) is 0.605. The minimum Gasteiger partial charge on any atom is -0.466 e. The molecule has 1 atom stereocenters. The van der Waals surface area contributed by atoms with Crippen LogP contribution in [-0.2, 0) is 9.53 Å². The van der Waals surface area contributed by atoms with Gasteiger partial charge in [0.1, 0.15) is 11.6 Å². The van der Waals surface area contributed by atoms with E-state index in [4.69, 9.17) is 4.74 Å². The van der Waals surface area contributed by atoms with Gasteiger partial charge in [0.05, 0.1) is 29.0 Å². The maximum atomic E-state index is 14.1. The number of thiazole rings is 1. The van der Waals surface area contributed by atoms with Gasteiger partial charge in [-0.05, 0) is 36.8 Å². The Morgan fingerprint density at radius 3 is 2.53 bits per heavy atom. The number of fused-ring (bicyclic) bond motifs is 1. The Balaban J connectivity index is 1.99. The number of hydrogen-bond acceptors (Lipinski definition) is 5. The maximum absolute atomic E-state index is 14.1. The summed E-state index contributed by atoms with van der Waals surface area (Å²) in [7, 11) is 1.24. The van der Waals surface area contributed by atoms with Crippen LogP contribution in [0.5, 0.6) is 0 Å². The van der Waals surface area contributed by atoms with Crippen LogP contribution < -0.4 is 14.9 Å². The molecule has 0 fully saturated rings. The molecule has 0 saturated heterocycles. The Hall–Kier alpha value is -3.39. The largest absolute Gasteiger partial charge is 0.466 e. The number of aromatic nitrogens is 1. The van der Waals surface area contributed by atoms with Crippen molar-refractivity contribution in [2.45, 2.75) is 13.0 Å². The molecule has 0 saturated carbocycles. The average molecular weight is 426 g/mol. The number of carbonyl (C=O) groups excluding carboxylic acids is 1. The zero-order valence-corrected chi connectivity index (χ0v) is 16.9. The van der Waals surface area contributed by atoms with Crippen LogP contribution in [0.15, 0.2) is 69.6 Å². The highest BCUT2D eigenvalue weighted by atomic mass is 32.1. The van der Waals surface area contributed by atoms with Crippen molar-refractivity contribution in [1.82, 2.24) is 4.57 Å². The summed E-state index contributed by atoms with van der Waals surface area (Å²) in [6, 6.07) is 10.8. The number of carbonyl (C=O) groups is 1. The maximum Gasteiger partial charge on any atom is 0.338 e. The number of benzene rings is 2. The zero-order valence-electron chi connectivity index (χ0n) is 16.1. The van der Waals surface area contributed by atoms with Crippen molar-refractivity contribution in [3.63, 3.8) is 0 Å². The van der Waals surface area contributed by atoms with E-state index in [0.717, 1.165) is 11.3 Å². The third kappa shape index (κ3) is 3.39.